The van der Waals surface area contributed by atoms with E-state index in [2.05, 4.69) is 16.3 Å². The Morgan fingerprint density at radius 3 is 2.70 bits per heavy atom. The smallest absolute Gasteiger partial charge is 0.185 e. The zero-order valence-corrected chi connectivity index (χ0v) is 11.6. The molecule has 1 aromatic rings. The fraction of sp³-hybridized carbons (Fsp3) is 0.571. The Morgan fingerprint density at radius 2 is 2.00 bits per heavy atom. The maximum atomic E-state index is 5.96. The molecular formula is C14H22N4O2. The van der Waals surface area contributed by atoms with Gasteiger partial charge in [-0.3, -0.25) is 0 Å². The summed E-state index contributed by atoms with van der Waals surface area (Å²) in [7, 11) is 0. The second-order valence-electron chi connectivity index (χ2n) is 5.13. The number of fused-ring (bicyclic) bond motifs is 1. The lowest BCUT2D eigenvalue weighted by atomic mass is 10.1. The third-order valence-electron chi connectivity index (χ3n) is 3.81. The molecule has 3 rings (SSSR count). The quantitative estimate of drug-likeness (QED) is 0.701. The molecule has 0 aromatic heterocycles. The van der Waals surface area contributed by atoms with Crippen molar-refractivity contribution < 1.29 is 9.47 Å². The minimum atomic E-state index is -0.0916. The van der Waals surface area contributed by atoms with Crippen molar-refractivity contribution >= 4 is 5.69 Å². The summed E-state index contributed by atoms with van der Waals surface area (Å²) in [4.78, 5) is 2.32. The minimum Gasteiger partial charge on any atom is -0.484 e. The van der Waals surface area contributed by atoms with E-state index in [1.54, 1.807) is 0 Å². The normalized spacial score (nSPS) is 21.9. The van der Waals surface area contributed by atoms with Gasteiger partial charge in [0, 0.05) is 44.8 Å². The van der Waals surface area contributed by atoms with Crippen molar-refractivity contribution in [3.8, 4) is 11.5 Å². The summed E-state index contributed by atoms with van der Waals surface area (Å²) in [5.41, 5.74) is 13.5. The maximum Gasteiger partial charge on any atom is 0.185 e. The van der Waals surface area contributed by atoms with Gasteiger partial charge in [-0.05, 0) is 6.07 Å². The standard InChI is InChI=1S/C14H22N4O2/c15-7-10-1-2-12(18-5-3-17-4-6-18)14-13(10)20-11(8-16)9-19-14/h1-2,11,17H,3-9,15-16H2. The molecule has 1 saturated heterocycles. The van der Waals surface area contributed by atoms with E-state index >= 15 is 0 Å². The van der Waals surface area contributed by atoms with Gasteiger partial charge in [-0.25, -0.2) is 0 Å². The zero-order chi connectivity index (χ0) is 13.9. The van der Waals surface area contributed by atoms with Crippen LogP contribution in [0.4, 0.5) is 5.69 Å². The van der Waals surface area contributed by atoms with Crippen LogP contribution in [0.3, 0.4) is 0 Å². The first-order chi connectivity index (χ1) is 9.83. The molecular weight excluding hydrogens is 256 g/mol. The van der Waals surface area contributed by atoms with Crippen LogP contribution in [0.25, 0.3) is 0 Å². The van der Waals surface area contributed by atoms with E-state index in [0.29, 0.717) is 19.7 Å². The highest BCUT2D eigenvalue weighted by molar-refractivity contribution is 5.68. The maximum absolute atomic E-state index is 5.96. The summed E-state index contributed by atoms with van der Waals surface area (Å²) in [6.07, 6.45) is -0.0916. The molecule has 5 N–H and O–H groups in total. The van der Waals surface area contributed by atoms with Gasteiger partial charge in [0.2, 0.25) is 0 Å². The molecule has 1 aromatic carbocycles. The van der Waals surface area contributed by atoms with Crippen LogP contribution in [0.1, 0.15) is 5.56 Å². The Labute approximate surface area is 119 Å². The average Bonchev–Trinajstić information content (AvgIpc) is 2.54. The van der Waals surface area contributed by atoms with E-state index in [1.807, 2.05) is 6.07 Å². The fourth-order valence-electron chi connectivity index (χ4n) is 2.67. The minimum absolute atomic E-state index is 0.0916. The molecule has 1 atom stereocenters. The Kier molecular flexibility index (Phi) is 3.95. The Balaban J connectivity index is 1.96. The first kappa shape index (κ1) is 13.5. The summed E-state index contributed by atoms with van der Waals surface area (Å²) in [5.74, 6) is 1.59. The molecule has 2 aliphatic heterocycles. The molecule has 0 radical (unpaired) electrons. The lowest BCUT2D eigenvalue weighted by molar-refractivity contribution is 0.0959. The van der Waals surface area contributed by atoms with Crippen molar-refractivity contribution in [3.05, 3.63) is 17.7 Å². The van der Waals surface area contributed by atoms with Crippen LogP contribution in [0.5, 0.6) is 11.5 Å². The monoisotopic (exact) mass is 278 g/mol. The van der Waals surface area contributed by atoms with Crippen molar-refractivity contribution in [3.63, 3.8) is 0 Å². The van der Waals surface area contributed by atoms with Gasteiger partial charge in [-0.2, -0.15) is 0 Å². The molecule has 2 heterocycles. The molecule has 110 valence electrons. The first-order valence-corrected chi connectivity index (χ1v) is 7.14. The number of hydrogen-bond acceptors (Lipinski definition) is 6. The highest BCUT2D eigenvalue weighted by atomic mass is 16.6. The van der Waals surface area contributed by atoms with Gasteiger partial charge in [-0.15, -0.1) is 0 Å². The predicted molar refractivity (Wildman–Crippen MR) is 78.4 cm³/mol. The third-order valence-corrected chi connectivity index (χ3v) is 3.81. The Bertz CT molecular complexity index is 474. The summed E-state index contributed by atoms with van der Waals surface area (Å²) >= 11 is 0. The average molecular weight is 278 g/mol. The van der Waals surface area contributed by atoms with Crippen molar-refractivity contribution in [2.75, 3.05) is 44.2 Å². The molecule has 20 heavy (non-hydrogen) atoms. The van der Waals surface area contributed by atoms with Gasteiger partial charge < -0.3 is 31.2 Å². The van der Waals surface area contributed by atoms with E-state index in [1.165, 1.54) is 0 Å². The van der Waals surface area contributed by atoms with Crippen molar-refractivity contribution in [2.24, 2.45) is 11.5 Å². The molecule has 6 nitrogen and oxygen atoms in total. The second-order valence-corrected chi connectivity index (χ2v) is 5.13. The number of ether oxygens (including phenoxy) is 2. The van der Waals surface area contributed by atoms with E-state index in [9.17, 15) is 0 Å². The topological polar surface area (TPSA) is 85.8 Å². The number of hydrogen-bond donors (Lipinski definition) is 3. The van der Waals surface area contributed by atoms with Crippen LogP contribution in [-0.4, -0.2) is 45.4 Å². The Hall–Kier alpha value is -1.50. The summed E-state index contributed by atoms with van der Waals surface area (Å²) < 4.78 is 11.9. The predicted octanol–water partition coefficient (Wildman–Crippen LogP) is -0.347. The van der Waals surface area contributed by atoms with E-state index in [0.717, 1.165) is 48.9 Å². The zero-order valence-electron chi connectivity index (χ0n) is 11.6. The number of piperazine rings is 1. The van der Waals surface area contributed by atoms with Gasteiger partial charge >= 0.3 is 0 Å². The number of nitrogens with two attached hydrogens (primary N) is 2. The number of benzene rings is 1. The highest BCUT2D eigenvalue weighted by Crippen LogP contribution is 2.43. The van der Waals surface area contributed by atoms with Crippen LogP contribution >= 0.6 is 0 Å². The molecule has 1 fully saturated rings. The fourth-order valence-corrected chi connectivity index (χ4v) is 2.67. The number of rotatable bonds is 3. The van der Waals surface area contributed by atoms with Crippen molar-refractivity contribution in [1.29, 1.82) is 0 Å². The van der Waals surface area contributed by atoms with Crippen LogP contribution < -0.4 is 31.2 Å². The lowest BCUT2D eigenvalue weighted by Gasteiger charge is -2.34. The number of nitrogens with one attached hydrogen (secondary N) is 1. The van der Waals surface area contributed by atoms with Gasteiger partial charge in [0.25, 0.3) is 0 Å². The SMILES string of the molecule is NCc1ccc(N2CCNCC2)c2c1OC(CN)CO2. The van der Waals surface area contributed by atoms with Crippen LogP contribution in [0.2, 0.25) is 0 Å². The lowest BCUT2D eigenvalue weighted by Crippen LogP contribution is -2.44. The summed E-state index contributed by atoms with van der Waals surface area (Å²) in [6.45, 7) is 5.29. The van der Waals surface area contributed by atoms with Crippen LogP contribution in [-0.2, 0) is 6.54 Å². The number of anilines is 1. The van der Waals surface area contributed by atoms with Crippen LogP contribution in [0, 0.1) is 0 Å². The Morgan fingerprint density at radius 1 is 1.20 bits per heavy atom. The van der Waals surface area contributed by atoms with E-state index < -0.39 is 0 Å². The first-order valence-electron chi connectivity index (χ1n) is 7.14. The van der Waals surface area contributed by atoms with Gasteiger partial charge in [0.1, 0.15) is 12.7 Å². The van der Waals surface area contributed by atoms with Gasteiger partial charge in [0.15, 0.2) is 11.5 Å². The molecule has 0 amide bonds. The summed E-state index contributed by atoms with van der Waals surface area (Å²) in [6, 6.07) is 4.11. The molecule has 0 spiro atoms. The molecule has 1 unspecified atom stereocenters. The number of nitrogens with zero attached hydrogens (tertiary/aromatic N) is 1. The van der Waals surface area contributed by atoms with Crippen molar-refractivity contribution in [2.45, 2.75) is 12.6 Å². The molecule has 0 aliphatic carbocycles. The molecule has 0 saturated carbocycles. The summed E-state index contributed by atoms with van der Waals surface area (Å²) in [5, 5.41) is 3.35. The third kappa shape index (κ3) is 2.42. The second kappa shape index (κ2) is 5.87. The van der Waals surface area contributed by atoms with Gasteiger partial charge in [0.05, 0.1) is 5.69 Å². The van der Waals surface area contributed by atoms with E-state index in [-0.39, 0.29) is 6.10 Å². The highest BCUT2D eigenvalue weighted by Gasteiger charge is 2.27. The molecule has 0 bridgehead atoms. The molecule has 6 heteroatoms. The largest absolute Gasteiger partial charge is 0.484 e. The molecule has 2 aliphatic rings. The van der Waals surface area contributed by atoms with E-state index in [4.69, 9.17) is 20.9 Å². The van der Waals surface area contributed by atoms with Crippen LogP contribution in [0.15, 0.2) is 12.1 Å². The van der Waals surface area contributed by atoms with Gasteiger partial charge in [-0.1, -0.05) is 6.07 Å². The van der Waals surface area contributed by atoms with Crippen molar-refractivity contribution in [1.82, 2.24) is 5.32 Å².